The fourth-order valence-corrected chi connectivity index (χ4v) is 2.70. The van der Waals surface area contributed by atoms with Gasteiger partial charge in [-0.25, -0.2) is 4.98 Å². The Hall–Kier alpha value is -2.83. The van der Waals surface area contributed by atoms with Gasteiger partial charge in [0, 0.05) is 45.1 Å². The fraction of sp³-hybridized carbons (Fsp3) is 0.353. The molecule has 0 fully saturated rings. The number of aryl methyl sites for hydroxylation is 3. The van der Waals surface area contributed by atoms with Gasteiger partial charge in [-0.15, -0.1) is 0 Å². The number of hydrogen-bond donors (Lipinski definition) is 2. The van der Waals surface area contributed by atoms with E-state index in [-0.39, 0.29) is 5.91 Å². The van der Waals surface area contributed by atoms with E-state index >= 15 is 0 Å². The third kappa shape index (κ3) is 3.40. The second-order valence-electron chi connectivity index (χ2n) is 5.67. The largest absolute Gasteiger partial charge is 0.351 e. The van der Waals surface area contributed by atoms with Crippen LogP contribution in [0.2, 0.25) is 0 Å². The number of hydrogen-bond acceptors (Lipinski definition) is 3. The average molecular weight is 326 g/mol. The molecule has 0 aliphatic rings. The molecule has 3 heterocycles. The Bertz CT molecular complexity index is 813. The van der Waals surface area contributed by atoms with Crippen LogP contribution < -0.4 is 5.32 Å². The van der Waals surface area contributed by atoms with Crippen molar-refractivity contribution in [3.05, 3.63) is 48.3 Å². The molecule has 0 atom stereocenters. The van der Waals surface area contributed by atoms with Crippen molar-refractivity contribution in [3.8, 4) is 11.4 Å². The van der Waals surface area contributed by atoms with Gasteiger partial charge in [0.15, 0.2) is 0 Å². The molecule has 0 bridgehead atoms. The number of rotatable bonds is 7. The maximum atomic E-state index is 12.2. The standard InChI is InChI=1S/C17H22N6O/c1-3-16-18-8-11-23(16)10-5-7-19-17(24)14-12-13(20-21-14)15-6-4-9-22(15)2/h4,6,8-9,11-12H,3,5,7,10H2,1-2H3,(H,19,24)(H,20,21). The van der Waals surface area contributed by atoms with Crippen molar-refractivity contribution in [3.63, 3.8) is 0 Å². The lowest BCUT2D eigenvalue weighted by molar-refractivity contribution is 0.0947. The van der Waals surface area contributed by atoms with Gasteiger partial charge < -0.3 is 14.5 Å². The lowest BCUT2D eigenvalue weighted by atomic mass is 10.2. The van der Waals surface area contributed by atoms with Crippen molar-refractivity contribution < 1.29 is 4.79 Å². The zero-order chi connectivity index (χ0) is 16.9. The van der Waals surface area contributed by atoms with Crippen LogP contribution in [0.1, 0.15) is 29.7 Å². The van der Waals surface area contributed by atoms with E-state index in [1.807, 2.05) is 42.3 Å². The Morgan fingerprint density at radius 2 is 2.25 bits per heavy atom. The van der Waals surface area contributed by atoms with E-state index in [1.165, 1.54) is 0 Å². The van der Waals surface area contributed by atoms with Crippen LogP contribution in [0.4, 0.5) is 0 Å². The highest BCUT2D eigenvalue weighted by atomic mass is 16.1. The van der Waals surface area contributed by atoms with Gasteiger partial charge in [-0.2, -0.15) is 5.10 Å². The zero-order valence-electron chi connectivity index (χ0n) is 14.0. The molecule has 2 N–H and O–H groups in total. The molecule has 24 heavy (non-hydrogen) atoms. The van der Waals surface area contributed by atoms with Crippen molar-refractivity contribution in [2.75, 3.05) is 6.54 Å². The van der Waals surface area contributed by atoms with Gasteiger partial charge >= 0.3 is 0 Å². The lowest BCUT2D eigenvalue weighted by Crippen LogP contribution is -2.25. The van der Waals surface area contributed by atoms with Crippen molar-refractivity contribution in [2.24, 2.45) is 7.05 Å². The first-order valence-corrected chi connectivity index (χ1v) is 8.14. The highest BCUT2D eigenvalue weighted by molar-refractivity contribution is 5.93. The summed E-state index contributed by atoms with van der Waals surface area (Å²) >= 11 is 0. The molecule has 0 unspecified atom stereocenters. The molecule has 0 aliphatic carbocycles. The molecule has 7 nitrogen and oxygen atoms in total. The van der Waals surface area contributed by atoms with Gasteiger partial charge in [-0.1, -0.05) is 6.92 Å². The Morgan fingerprint density at radius 1 is 1.38 bits per heavy atom. The van der Waals surface area contributed by atoms with Crippen LogP contribution in [0.5, 0.6) is 0 Å². The van der Waals surface area contributed by atoms with Crippen LogP contribution >= 0.6 is 0 Å². The second-order valence-corrected chi connectivity index (χ2v) is 5.67. The number of amides is 1. The van der Waals surface area contributed by atoms with Crippen molar-refractivity contribution >= 4 is 5.91 Å². The minimum Gasteiger partial charge on any atom is -0.351 e. The molecule has 3 aromatic rings. The van der Waals surface area contributed by atoms with E-state index in [9.17, 15) is 4.79 Å². The first-order valence-electron chi connectivity index (χ1n) is 8.14. The number of imidazole rings is 1. The summed E-state index contributed by atoms with van der Waals surface area (Å²) in [4.78, 5) is 16.5. The van der Waals surface area contributed by atoms with E-state index in [0.29, 0.717) is 12.2 Å². The number of aromatic amines is 1. The summed E-state index contributed by atoms with van der Waals surface area (Å²) in [6, 6.07) is 5.69. The number of nitrogens with one attached hydrogen (secondary N) is 2. The second kappa shape index (κ2) is 7.16. The third-order valence-corrected chi connectivity index (χ3v) is 4.01. The molecule has 3 rings (SSSR count). The number of aromatic nitrogens is 5. The van der Waals surface area contributed by atoms with Gasteiger partial charge in [0.1, 0.15) is 17.2 Å². The van der Waals surface area contributed by atoms with Crippen LogP contribution in [0.3, 0.4) is 0 Å². The summed E-state index contributed by atoms with van der Waals surface area (Å²) in [5.41, 5.74) is 2.21. The fourth-order valence-electron chi connectivity index (χ4n) is 2.70. The van der Waals surface area contributed by atoms with Crippen LogP contribution in [-0.4, -0.2) is 36.8 Å². The summed E-state index contributed by atoms with van der Waals surface area (Å²) in [7, 11) is 1.95. The number of H-pyrrole nitrogens is 1. The highest BCUT2D eigenvalue weighted by Gasteiger charge is 2.12. The molecule has 0 spiro atoms. The third-order valence-electron chi connectivity index (χ3n) is 4.01. The van der Waals surface area contributed by atoms with Crippen molar-refractivity contribution in [2.45, 2.75) is 26.3 Å². The predicted octanol–water partition coefficient (Wildman–Crippen LogP) is 1.99. The quantitative estimate of drug-likeness (QED) is 0.652. The molecule has 0 saturated carbocycles. The van der Waals surface area contributed by atoms with Crippen LogP contribution in [0.25, 0.3) is 11.4 Å². The van der Waals surface area contributed by atoms with E-state index in [1.54, 1.807) is 6.07 Å². The van der Waals surface area contributed by atoms with E-state index < -0.39 is 0 Å². The molecule has 0 radical (unpaired) electrons. The summed E-state index contributed by atoms with van der Waals surface area (Å²) in [6.45, 7) is 3.54. The molecule has 126 valence electrons. The molecular formula is C17H22N6O. The summed E-state index contributed by atoms with van der Waals surface area (Å²) in [5, 5.41) is 9.94. The van der Waals surface area contributed by atoms with Gasteiger partial charge in [-0.05, 0) is 24.6 Å². The Morgan fingerprint density at radius 3 is 3.00 bits per heavy atom. The zero-order valence-corrected chi connectivity index (χ0v) is 14.0. The van der Waals surface area contributed by atoms with E-state index in [0.717, 1.165) is 36.6 Å². The predicted molar refractivity (Wildman–Crippen MR) is 91.5 cm³/mol. The molecule has 0 aliphatic heterocycles. The molecule has 1 amide bonds. The van der Waals surface area contributed by atoms with Gasteiger partial charge in [-0.3, -0.25) is 9.89 Å². The first-order chi connectivity index (χ1) is 11.7. The number of carbonyl (C=O) groups excluding carboxylic acids is 1. The summed E-state index contributed by atoms with van der Waals surface area (Å²) < 4.78 is 4.09. The van der Waals surface area contributed by atoms with Crippen LogP contribution in [0.15, 0.2) is 36.8 Å². The monoisotopic (exact) mass is 326 g/mol. The highest BCUT2D eigenvalue weighted by Crippen LogP contribution is 2.17. The Kier molecular flexibility index (Phi) is 4.79. The molecule has 7 heteroatoms. The average Bonchev–Trinajstić information content (AvgIpc) is 3.31. The normalized spacial score (nSPS) is 10.9. The topological polar surface area (TPSA) is 80.5 Å². The maximum absolute atomic E-state index is 12.2. The van der Waals surface area contributed by atoms with Gasteiger partial charge in [0.25, 0.3) is 5.91 Å². The van der Waals surface area contributed by atoms with E-state index in [4.69, 9.17) is 0 Å². The lowest BCUT2D eigenvalue weighted by Gasteiger charge is -2.07. The first kappa shape index (κ1) is 16.0. The summed E-state index contributed by atoms with van der Waals surface area (Å²) in [6.07, 6.45) is 7.50. The van der Waals surface area contributed by atoms with Crippen molar-refractivity contribution in [1.29, 1.82) is 0 Å². The van der Waals surface area contributed by atoms with Crippen LogP contribution in [-0.2, 0) is 20.0 Å². The summed E-state index contributed by atoms with van der Waals surface area (Å²) in [5.74, 6) is 0.936. The molecule has 0 saturated heterocycles. The minimum absolute atomic E-state index is 0.135. The Balaban J connectivity index is 1.51. The number of nitrogens with zero attached hydrogens (tertiary/aromatic N) is 4. The minimum atomic E-state index is -0.135. The van der Waals surface area contributed by atoms with Gasteiger partial charge in [0.2, 0.25) is 0 Å². The van der Waals surface area contributed by atoms with Gasteiger partial charge in [0.05, 0.1) is 5.69 Å². The smallest absolute Gasteiger partial charge is 0.269 e. The maximum Gasteiger partial charge on any atom is 0.269 e. The number of carbonyl (C=O) groups is 1. The van der Waals surface area contributed by atoms with Crippen molar-refractivity contribution in [1.82, 2.24) is 29.6 Å². The molecule has 0 aromatic carbocycles. The molecular weight excluding hydrogens is 304 g/mol. The SMILES string of the molecule is CCc1nccn1CCCNC(=O)c1cc(-c2cccn2C)n[nH]1. The Labute approximate surface area is 140 Å². The molecule has 3 aromatic heterocycles. The van der Waals surface area contributed by atoms with E-state index in [2.05, 4.69) is 32.0 Å². The van der Waals surface area contributed by atoms with Crippen LogP contribution in [0, 0.1) is 0 Å².